The number of fused-ring (bicyclic) bond motifs is 1. The maximum Gasteiger partial charge on any atom is 0.0457 e. The maximum atomic E-state index is 3.44. The first-order valence-electron chi connectivity index (χ1n) is 8.62. The van der Waals surface area contributed by atoms with Crippen LogP contribution in [0.1, 0.15) is 32.3 Å². The van der Waals surface area contributed by atoms with Crippen molar-refractivity contribution in [2.75, 3.05) is 6.54 Å². The third-order valence-electron chi connectivity index (χ3n) is 5.35. The van der Waals surface area contributed by atoms with E-state index in [4.69, 9.17) is 0 Å². The number of H-pyrrole nitrogens is 1. The van der Waals surface area contributed by atoms with E-state index < -0.39 is 0 Å². The fraction of sp³-hybridized carbons (Fsp3) is 0.400. The molecule has 23 heavy (non-hydrogen) atoms. The summed E-state index contributed by atoms with van der Waals surface area (Å²) in [7, 11) is 0. The minimum Gasteiger partial charge on any atom is -0.361 e. The number of likely N-dealkylation sites (tertiary alicyclic amines) is 1. The van der Waals surface area contributed by atoms with Crippen molar-refractivity contribution in [3.63, 3.8) is 0 Å². The first kappa shape index (κ1) is 15.0. The van der Waals surface area contributed by atoms with Crippen LogP contribution in [-0.4, -0.2) is 28.5 Å². The number of rotatable bonds is 4. The van der Waals surface area contributed by atoms with Crippen LogP contribution in [0, 0.1) is 0 Å². The van der Waals surface area contributed by atoms with Gasteiger partial charge in [-0.3, -0.25) is 4.90 Å². The fourth-order valence-corrected chi connectivity index (χ4v) is 4.64. The molecule has 1 aliphatic rings. The quantitative estimate of drug-likeness (QED) is 0.689. The Kier molecular flexibility index (Phi) is 4.00. The summed E-state index contributed by atoms with van der Waals surface area (Å²) in [5.74, 6) is 0. The number of benzene rings is 1. The summed E-state index contributed by atoms with van der Waals surface area (Å²) in [6, 6.07) is 12.6. The summed E-state index contributed by atoms with van der Waals surface area (Å²) in [5, 5.41) is 3.53. The van der Waals surface area contributed by atoms with Crippen molar-refractivity contribution in [3.8, 4) is 10.4 Å². The van der Waals surface area contributed by atoms with Gasteiger partial charge >= 0.3 is 0 Å². The second-order valence-corrected chi connectivity index (χ2v) is 7.76. The molecule has 0 radical (unpaired) electrons. The van der Waals surface area contributed by atoms with E-state index in [9.17, 15) is 0 Å². The minimum atomic E-state index is 0.733. The molecule has 0 spiro atoms. The fourth-order valence-electron chi connectivity index (χ4n) is 3.92. The molecule has 3 heteroatoms. The van der Waals surface area contributed by atoms with Crippen LogP contribution in [0.5, 0.6) is 0 Å². The lowest BCUT2D eigenvalue weighted by atomic mass is 10.1. The van der Waals surface area contributed by atoms with Crippen LogP contribution in [0.2, 0.25) is 0 Å². The van der Waals surface area contributed by atoms with Crippen molar-refractivity contribution in [2.24, 2.45) is 0 Å². The largest absolute Gasteiger partial charge is 0.361 e. The summed E-state index contributed by atoms with van der Waals surface area (Å²) < 4.78 is 0. The predicted octanol–water partition coefficient (Wildman–Crippen LogP) is 5.31. The van der Waals surface area contributed by atoms with Gasteiger partial charge in [0.15, 0.2) is 0 Å². The zero-order chi connectivity index (χ0) is 15.8. The van der Waals surface area contributed by atoms with Gasteiger partial charge in [0.2, 0.25) is 0 Å². The Labute approximate surface area is 142 Å². The van der Waals surface area contributed by atoms with Gasteiger partial charge in [0, 0.05) is 40.6 Å². The van der Waals surface area contributed by atoms with E-state index in [0.717, 1.165) is 18.5 Å². The highest BCUT2D eigenvalue weighted by Crippen LogP contribution is 2.30. The van der Waals surface area contributed by atoms with Crippen LogP contribution in [0.25, 0.3) is 21.3 Å². The maximum absolute atomic E-state index is 3.44. The lowest BCUT2D eigenvalue weighted by Gasteiger charge is -2.25. The molecule has 0 amide bonds. The van der Waals surface area contributed by atoms with Crippen molar-refractivity contribution in [1.29, 1.82) is 0 Å². The molecule has 2 unspecified atom stereocenters. The highest BCUT2D eigenvalue weighted by molar-refractivity contribution is 7.13. The Morgan fingerprint density at radius 1 is 1.17 bits per heavy atom. The second kappa shape index (κ2) is 6.14. The van der Waals surface area contributed by atoms with Crippen molar-refractivity contribution in [1.82, 2.24) is 9.88 Å². The van der Waals surface area contributed by atoms with Gasteiger partial charge in [-0.1, -0.05) is 12.1 Å². The van der Waals surface area contributed by atoms with Crippen molar-refractivity contribution >= 4 is 22.2 Å². The minimum absolute atomic E-state index is 0.733. The van der Waals surface area contributed by atoms with Gasteiger partial charge < -0.3 is 4.98 Å². The van der Waals surface area contributed by atoms with E-state index in [-0.39, 0.29) is 0 Å². The standard InChI is InChI=1S/C20H24N2S/c1-14-5-6-15(2)22(14)10-9-17-13-21-19-8-7-16(12-18(17)19)20-4-3-11-23-20/h3-4,7-8,11-15,21H,5-6,9-10H2,1-2H3. The van der Waals surface area contributed by atoms with E-state index >= 15 is 0 Å². The molecule has 0 saturated carbocycles. The number of hydrogen-bond acceptors (Lipinski definition) is 2. The van der Waals surface area contributed by atoms with Crippen molar-refractivity contribution in [3.05, 3.63) is 47.5 Å². The number of aromatic nitrogens is 1. The topological polar surface area (TPSA) is 19.0 Å². The lowest BCUT2D eigenvalue weighted by Crippen LogP contribution is -2.34. The van der Waals surface area contributed by atoms with Crippen LogP contribution in [0.4, 0.5) is 0 Å². The zero-order valence-electron chi connectivity index (χ0n) is 13.9. The molecule has 0 aliphatic carbocycles. The van der Waals surface area contributed by atoms with Crippen LogP contribution >= 0.6 is 11.3 Å². The van der Waals surface area contributed by atoms with Crippen molar-refractivity contribution < 1.29 is 0 Å². The summed E-state index contributed by atoms with van der Waals surface area (Å²) in [5.41, 5.74) is 4.03. The van der Waals surface area contributed by atoms with Gasteiger partial charge in [0.1, 0.15) is 0 Å². The molecule has 1 fully saturated rings. The Balaban J connectivity index is 1.59. The third kappa shape index (κ3) is 2.84. The normalized spacial score (nSPS) is 22.2. The van der Waals surface area contributed by atoms with Gasteiger partial charge in [-0.15, -0.1) is 11.3 Å². The first-order chi connectivity index (χ1) is 11.2. The highest BCUT2D eigenvalue weighted by atomic mass is 32.1. The molecule has 120 valence electrons. The van der Waals surface area contributed by atoms with Crippen LogP contribution in [0.3, 0.4) is 0 Å². The molecule has 3 aromatic rings. The molecule has 2 nitrogen and oxygen atoms in total. The number of aromatic amines is 1. The average Bonchev–Trinajstić information content (AvgIpc) is 3.27. The molecule has 3 heterocycles. The summed E-state index contributed by atoms with van der Waals surface area (Å²) >= 11 is 1.81. The van der Waals surface area contributed by atoms with E-state index in [2.05, 4.69) is 65.6 Å². The number of nitrogens with one attached hydrogen (secondary N) is 1. The van der Waals surface area contributed by atoms with Gasteiger partial charge in [-0.25, -0.2) is 0 Å². The Bertz CT molecular complexity index is 777. The molecular weight excluding hydrogens is 300 g/mol. The Morgan fingerprint density at radius 3 is 2.74 bits per heavy atom. The van der Waals surface area contributed by atoms with Crippen LogP contribution in [-0.2, 0) is 6.42 Å². The van der Waals surface area contributed by atoms with E-state index in [1.165, 1.54) is 46.3 Å². The molecule has 0 bridgehead atoms. The number of hydrogen-bond donors (Lipinski definition) is 1. The molecule has 2 atom stereocenters. The Hall–Kier alpha value is -1.58. The predicted molar refractivity (Wildman–Crippen MR) is 100 cm³/mol. The van der Waals surface area contributed by atoms with Gasteiger partial charge in [-0.05, 0) is 67.8 Å². The summed E-state index contributed by atoms with van der Waals surface area (Å²) in [6.45, 7) is 5.90. The van der Waals surface area contributed by atoms with Crippen LogP contribution in [0.15, 0.2) is 41.9 Å². The SMILES string of the molecule is CC1CCC(C)N1CCc1c[nH]c2ccc(-c3cccs3)cc12. The molecule has 4 rings (SSSR count). The summed E-state index contributed by atoms with van der Waals surface area (Å²) in [4.78, 5) is 7.46. The molecule has 1 saturated heterocycles. The summed E-state index contributed by atoms with van der Waals surface area (Å²) in [6.07, 6.45) is 6.02. The number of thiophene rings is 1. The molecule has 1 N–H and O–H groups in total. The second-order valence-electron chi connectivity index (χ2n) is 6.81. The van der Waals surface area contributed by atoms with Crippen LogP contribution < -0.4 is 0 Å². The van der Waals surface area contributed by atoms with Gasteiger partial charge in [0.05, 0.1) is 0 Å². The van der Waals surface area contributed by atoms with E-state index in [0.29, 0.717) is 0 Å². The van der Waals surface area contributed by atoms with Gasteiger partial charge in [-0.2, -0.15) is 0 Å². The third-order valence-corrected chi connectivity index (χ3v) is 6.27. The monoisotopic (exact) mass is 324 g/mol. The smallest absolute Gasteiger partial charge is 0.0457 e. The van der Waals surface area contributed by atoms with E-state index in [1.807, 2.05) is 11.3 Å². The molecule has 1 aromatic carbocycles. The lowest BCUT2D eigenvalue weighted by molar-refractivity contribution is 0.217. The highest BCUT2D eigenvalue weighted by Gasteiger charge is 2.26. The molecule has 1 aliphatic heterocycles. The van der Waals surface area contributed by atoms with E-state index in [1.54, 1.807) is 0 Å². The zero-order valence-corrected chi connectivity index (χ0v) is 14.7. The average molecular weight is 324 g/mol. The molecule has 2 aromatic heterocycles. The van der Waals surface area contributed by atoms with Gasteiger partial charge in [0.25, 0.3) is 0 Å². The number of nitrogens with zero attached hydrogens (tertiary/aromatic N) is 1. The van der Waals surface area contributed by atoms with Crippen molar-refractivity contribution in [2.45, 2.75) is 45.2 Å². The molecular formula is C20H24N2S. The first-order valence-corrected chi connectivity index (χ1v) is 9.50. The Morgan fingerprint density at radius 2 is 2.00 bits per heavy atom.